The molecule has 1 N–H and O–H groups in total. The van der Waals surface area contributed by atoms with Crippen LogP contribution < -0.4 is 19.5 Å². The van der Waals surface area contributed by atoms with Gasteiger partial charge in [-0.2, -0.15) is 0 Å². The fourth-order valence-corrected chi connectivity index (χ4v) is 2.62. The van der Waals surface area contributed by atoms with E-state index in [-0.39, 0.29) is 12.7 Å². The molecule has 1 aliphatic rings. The predicted octanol–water partition coefficient (Wildman–Crippen LogP) is 2.55. The fraction of sp³-hybridized carbons (Fsp3) is 0.211. The zero-order valence-corrected chi connectivity index (χ0v) is 14.5. The van der Waals surface area contributed by atoms with E-state index in [0.29, 0.717) is 29.7 Å². The minimum absolute atomic E-state index is 0.214. The average molecular weight is 367 g/mol. The summed E-state index contributed by atoms with van der Waals surface area (Å²) in [6.07, 6.45) is 0.625. The smallest absolute Gasteiger partial charge is 0.261 e. The molecule has 0 fully saturated rings. The van der Waals surface area contributed by atoms with Gasteiger partial charge in [-0.05, 0) is 48.9 Å². The van der Waals surface area contributed by atoms with Crippen LogP contribution in [0, 0.1) is 0 Å². The van der Waals surface area contributed by atoms with Crippen molar-refractivity contribution in [3.05, 3.63) is 54.4 Å². The molecule has 0 saturated heterocycles. The van der Waals surface area contributed by atoms with Crippen LogP contribution in [0.5, 0.6) is 17.2 Å². The van der Waals surface area contributed by atoms with Gasteiger partial charge in [-0.15, -0.1) is 10.2 Å². The predicted molar refractivity (Wildman–Crippen MR) is 94.2 cm³/mol. The quantitative estimate of drug-likeness (QED) is 0.715. The molecule has 0 radical (unpaired) electrons. The van der Waals surface area contributed by atoms with Crippen LogP contribution >= 0.6 is 0 Å². The number of ether oxygens (including phenoxy) is 3. The monoisotopic (exact) mass is 367 g/mol. The van der Waals surface area contributed by atoms with Crippen LogP contribution in [0.2, 0.25) is 0 Å². The second kappa shape index (κ2) is 7.36. The van der Waals surface area contributed by atoms with Crippen molar-refractivity contribution in [1.29, 1.82) is 0 Å². The summed E-state index contributed by atoms with van der Waals surface area (Å²) < 4.78 is 21.4. The Morgan fingerprint density at radius 3 is 2.78 bits per heavy atom. The normalized spacial score (nSPS) is 13.2. The van der Waals surface area contributed by atoms with Crippen LogP contribution in [0.15, 0.2) is 53.3 Å². The SMILES string of the molecule is C[C@@H](Oc1ccc(-c2nnco2)cc1)C(=O)NCc1ccc2c(c1)OCO2. The van der Waals surface area contributed by atoms with Gasteiger partial charge in [0.1, 0.15) is 5.75 Å². The van der Waals surface area contributed by atoms with E-state index in [4.69, 9.17) is 18.6 Å². The summed E-state index contributed by atoms with van der Waals surface area (Å²) in [5, 5.41) is 10.3. The van der Waals surface area contributed by atoms with Gasteiger partial charge in [0.05, 0.1) is 0 Å². The van der Waals surface area contributed by atoms with Gasteiger partial charge >= 0.3 is 0 Å². The molecule has 138 valence electrons. The minimum Gasteiger partial charge on any atom is -0.481 e. The molecule has 2 aromatic carbocycles. The van der Waals surface area contributed by atoms with Gasteiger partial charge in [0.25, 0.3) is 5.91 Å². The van der Waals surface area contributed by atoms with Gasteiger partial charge in [-0.3, -0.25) is 4.79 Å². The number of amides is 1. The summed E-state index contributed by atoms with van der Waals surface area (Å²) in [5.74, 6) is 2.19. The molecular formula is C19H17N3O5. The van der Waals surface area contributed by atoms with Gasteiger partial charge in [0.15, 0.2) is 17.6 Å². The van der Waals surface area contributed by atoms with Crippen molar-refractivity contribution >= 4 is 5.91 Å². The van der Waals surface area contributed by atoms with Crippen molar-refractivity contribution in [2.75, 3.05) is 6.79 Å². The van der Waals surface area contributed by atoms with Crippen molar-refractivity contribution in [3.63, 3.8) is 0 Å². The second-order valence-corrected chi connectivity index (χ2v) is 5.93. The van der Waals surface area contributed by atoms with E-state index in [9.17, 15) is 4.79 Å². The van der Waals surface area contributed by atoms with Crippen molar-refractivity contribution < 1.29 is 23.4 Å². The highest BCUT2D eigenvalue weighted by Crippen LogP contribution is 2.32. The molecular weight excluding hydrogens is 350 g/mol. The van der Waals surface area contributed by atoms with E-state index in [1.807, 2.05) is 18.2 Å². The van der Waals surface area contributed by atoms with Gasteiger partial charge in [0.2, 0.25) is 19.1 Å². The Morgan fingerprint density at radius 2 is 2.00 bits per heavy atom. The molecule has 1 aliphatic heterocycles. The number of rotatable bonds is 6. The number of hydrogen-bond donors (Lipinski definition) is 1. The molecule has 27 heavy (non-hydrogen) atoms. The van der Waals surface area contributed by atoms with Gasteiger partial charge < -0.3 is 23.9 Å². The number of aromatic nitrogens is 2. The van der Waals surface area contributed by atoms with E-state index in [2.05, 4.69) is 15.5 Å². The van der Waals surface area contributed by atoms with Gasteiger partial charge in [-0.1, -0.05) is 6.07 Å². The maximum absolute atomic E-state index is 12.3. The summed E-state index contributed by atoms with van der Waals surface area (Å²) in [7, 11) is 0. The van der Waals surface area contributed by atoms with E-state index >= 15 is 0 Å². The molecule has 1 amide bonds. The lowest BCUT2D eigenvalue weighted by atomic mass is 10.2. The van der Waals surface area contributed by atoms with Crippen LogP contribution in [0.25, 0.3) is 11.5 Å². The second-order valence-electron chi connectivity index (χ2n) is 5.93. The first-order valence-electron chi connectivity index (χ1n) is 8.38. The topological polar surface area (TPSA) is 95.7 Å². The molecule has 0 bridgehead atoms. The van der Waals surface area contributed by atoms with Crippen LogP contribution in [0.1, 0.15) is 12.5 Å². The number of benzene rings is 2. The molecule has 0 saturated carbocycles. The van der Waals surface area contributed by atoms with Crippen molar-refractivity contribution in [2.24, 2.45) is 0 Å². The Kier molecular flexibility index (Phi) is 4.61. The highest BCUT2D eigenvalue weighted by atomic mass is 16.7. The Labute approximate surface area is 155 Å². The number of nitrogens with one attached hydrogen (secondary N) is 1. The number of carbonyl (C=O) groups excluding carboxylic acids is 1. The maximum Gasteiger partial charge on any atom is 0.261 e. The van der Waals surface area contributed by atoms with Crippen LogP contribution in [-0.2, 0) is 11.3 Å². The highest BCUT2D eigenvalue weighted by Gasteiger charge is 2.16. The van der Waals surface area contributed by atoms with Crippen molar-refractivity contribution in [2.45, 2.75) is 19.6 Å². The van der Waals surface area contributed by atoms with Crippen molar-refractivity contribution in [1.82, 2.24) is 15.5 Å². The number of fused-ring (bicyclic) bond motifs is 1. The van der Waals surface area contributed by atoms with E-state index < -0.39 is 6.10 Å². The summed E-state index contributed by atoms with van der Waals surface area (Å²) >= 11 is 0. The maximum atomic E-state index is 12.3. The summed E-state index contributed by atoms with van der Waals surface area (Å²) in [5.41, 5.74) is 1.70. The van der Waals surface area contributed by atoms with Gasteiger partial charge in [0, 0.05) is 12.1 Å². The molecule has 1 aromatic heterocycles. The average Bonchev–Trinajstić information content (AvgIpc) is 3.38. The third-order valence-electron chi connectivity index (χ3n) is 4.05. The largest absolute Gasteiger partial charge is 0.481 e. The highest BCUT2D eigenvalue weighted by molar-refractivity contribution is 5.80. The van der Waals surface area contributed by atoms with Crippen LogP contribution in [0.4, 0.5) is 0 Å². The molecule has 8 heteroatoms. The minimum atomic E-state index is -0.645. The molecule has 8 nitrogen and oxygen atoms in total. The number of carbonyl (C=O) groups is 1. The fourth-order valence-electron chi connectivity index (χ4n) is 2.62. The number of nitrogens with zero attached hydrogens (tertiary/aromatic N) is 2. The first-order valence-corrected chi connectivity index (χ1v) is 8.38. The van der Waals surface area contributed by atoms with Crippen LogP contribution in [-0.4, -0.2) is 29.0 Å². The standard InChI is InChI=1S/C19H17N3O5/c1-12(27-15-5-3-14(4-6-15)19-22-21-10-24-19)18(23)20-9-13-2-7-16-17(8-13)26-11-25-16/h2-8,10,12H,9,11H2,1H3,(H,20,23)/t12-/m1/s1. The lowest BCUT2D eigenvalue weighted by Gasteiger charge is -2.15. The Morgan fingerprint density at radius 1 is 1.19 bits per heavy atom. The summed E-state index contributed by atoms with van der Waals surface area (Å²) in [6, 6.07) is 12.6. The molecule has 2 heterocycles. The first-order chi connectivity index (χ1) is 13.2. The molecule has 0 aliphatic carbocycles. The van der Waals surface area contributed by atoms with Gasteiger partial charge in [-0.25, -0.2) is 0 Å². The molecule has 3 aromatic rings. The zero-order valence-electron chi connectivity index (χ0n) is 14.5. The Bertz CT molecular complexity index is 925. The number of hydrogen-bond acceptors (Lipinski definition) is 7. The van der Waals surface area contributed by atoms with E-state index in [1.54, 1.807) is 31.2 Å². The molecule has 0 unspecified atom stereocenters. The lowest BCUT2D eigenvalue weighted by molar-refractivity contribution is -0.127. The zero-order chi connectivity index (χ0) is 18.6. The third kappa shape index (κ3) is 3.84. The van der Waals surface area contributed by atoms with Crippen LogP contribution in [0.3, 0.4) is 0 Å². The molecule has 4 rings (SSSR count). The Balaban J connectivity index is 1.31. The lowest BCUT2D eigenvalue weighted by Crippen LogP contribution is -2.35. The third-order valence-corrected chi connectivity index (χ3v) is 4.05. The van der Waals surface area contributed by atoms with E-state index in [1.165, 1.54) is 6.39 Å². The first kappa shape index (κ1) is 16.9. The summed E-state index contributed by atoms with van der Waals surface area (Å²) in [6.45, 7) is 2.29. The van der Waals surface area contributed by atoms with Crippen molar-refractivity contribution in [3.8, 4) is 28.7 Å². The van der Waals surface area contributed by atoms with E-state index in [0.717, 1.165) is 11.1 Å². The molecule has 0 spiro atoms. The molecule has 1 atom stereocenters. The Hall–Kier alpha value is -3.55. The summed E-state index contributed by atoms with van der Waals surface area (Å²) in [4.78, 5) is 12.3.